The summed E-state index contributed by atoms with van der Waals surface area (Å²) >= 11 is 0. The van der Waals surface area contributed by atoms with E-state index in [-0.39, 0.29) is 0 Å². The molecule has 0 aromatic rings. The van der Waals surface area contributed by atoms with Gasteiger partial charge in [0.15, 0.2) is 0 Å². The van der Waals surface area contributed by atoms with E-state index in [1.54, 1.807) is 5.16 Å². The van der Waals surface area contributed by atoms with Crippen molar-refractivity contribution < 1.29 is 15.1 Å². The minimum absolute atomic E-state index is 1.40. The van der Waals surface area contributed by atoms with Gasteiger partial charge in [0.1, 0.15) is 0 Å². The fourth-order valence-corrected chi connectivity index (χ4v) is 0.140. The molecule has 0 atom stereocenters. The number of oxime groups is 1. The smallest absolute Gasteiger partial charge is 0.320 e. The molecule has 0 aromatic heterocycles. The summed E-state index contributed by atoms with van der Waals surface area (Å²) in [5.74, 6) is -1.69. The summed E-state index contributed by atoms with van der Waals surface area (Å²) in [6, 6.07) is 0. The van der Waals surface area contributed by atoms with Gasteiger partial charge in [-0.25, -0.2) is 0 Å². The standard InChI is InChI=1S/CHN3O5/c5-2-1(3(6)7)4(8)9/h5H. The molecule has 0 saturated heterocycles. The number of nitro groups is 2. The highest BCUT2D eigenvalue weighted by molar-refractivity contribution is 5.60. The third-order valence-corrected chi connectivity index (χ3v) is 0.416. The van der Waals surface area contributed by atoms with Gasteiger partial charge in [-0.1, -0.05) is 0 Å². The van der Waals surface area contributed by atoms with Crippen LogP contribution < -0.4 is 0 Å². The first-order chi connectivity index (χ1) is 4.09. The third kappa shape index (κ3) is 1.67. The number of hydrogen-bond donors (Lipinski definition) is 1. The Labute approximate surface area is 47.7 Å². The molecule has 9 heavy (non-hydrogen) atoms. The molecule has 1 N–H and O–H groups in total. The average molecular weight is 135 g/mol. The summed E-state index contributed by atoms with van der Waals surface area (Å²) in [5, 5.41) is 28.3. The van der Waals surface area contributed by atoms with Crippen LogP contribution in [-0.2, 0) is 0 Å². The van der Waals surface area contributed by atoms with E-state index in [0.717, 1.165) is 0 Å². The van der Waals surface area contributed by atoms with Crippen molar-refractivity contribution in [3.8, 4) is 0 Å². The highest BCUT2D eigenvalue weighted by Gasteiger charge is 2.28. The lowest BCUT2D eigenvalue weighted by atomic mass is 11.1. The highest BCUT2D eigenvalue weighted by atomic mass is 16.7. The molecule has 8 nitrogen and oxygen atoms in total. The van der Waals surface area contributed by atoms with Crippen LogP contribution in [0.5, 0.6) is 0 Å². The van der Waals surface area contributed by atoms with Crippen LogP contribution >= 0.6 is 0 Å². The molecule has 0 unspecified atom stereocenters. The second kappa shape index (κ2) is 2.55. The molecule has 0 rings (SSSR count). The van der Waals surface area contributed by atoms with E-state index in [1.807, 2.05) is 0 Å². The third-order valence-electron chi connectivity index (χ3n) is 0.416. The molecule has 0 bridgehead atoms. The van der Waals surface area contributed by atoms with Gasteiger partial charge in [0.25, 0.3) is 5.16 Å². The molecule has 0 fully saturated rings. The first kappa shape index (κ1) is 7.27. The summed E-state index contributed by atoms with van der Waals surface area (Å²) in [5.41, 5.74) is 0. The van der Waals surface area contributed by atoms with E-state index >= 15 is 0 Å². The Hall–Kier alpha value is -1.73. The Morgan fingerprint density at radius 2 is 1.67 bits per heavy atom. The monoisotopic (exact) mass is 135 g/mol. The van der Waals surface area contributed by atoms with Crippen molar-refractivity contribution >= 4 is 5.96 Å². The summed E-state index contributed by atoms with van der Waals surface area (Å²) in [7, 11) is 0. The second-order valence-electron chi connectivity index (χ2n) is 0.914. The number of guanidine groups is 1. The van der Waals surface area contributed by atoms with Gasteiger partial charge in [0.2, 0.25) is 0 Å². The highest BCUT2D eigenvalue weighted by Crippen LogP contribution is 1.78. The Morgan fingerprint density at radius 3 is 1.67 bits per heavy atom. The van der Waals surface area contributed by atoms with Crippen LogP contribution in [0.3, 0.4) is 0 Å². The van der Waals surface area contributed by atoms with Gasteiger partial charge in [-0.05, 0) is 0 Å². The minimum Gasteiger partial charge on any atom is -0.320 e. The zero-order valence-electron chi connectivity index (χ0n) is 3.92. The Kier molecular flexibility index (Phi) is 2.06. The molecule has 0 aromatic carbocycles. The molecule has 0 amide bonds. The van der Waals surface area contributed by atoms with Crippen LogP contribution in [-0.4, -0.2) is 21.0 Å². The van der Waals surface area contributed by atoms with E-state index < -0.39 is 15.8 Å². The summed E-state index contributed by atoms with van der Waals surface area (Å²) in [4.78, 5) is 16.1. The van der Waals surface area contributed by atoms with E-state index in [1.165, 1.54) is 0 Å². The van der Waals surface area contributed by atoms with Gasteiger partial charge >= 0.3 is 5.96 Å². The predicted molar refractivity (Wildman–Crippen MR) is 23.2 cm³/mol. The van der Waals surface area contributed by atoms with Crippen LogP contribution in [0.4, 0.5) is 0 Å². The zero-order chi connectivity index (χ0) is 7.44. The topological polar surface area (TPSA) is 119 Å². The molecule has 0 aliphatic rings. The molecular formula is CHN3O5. The van der Waals surface area contributed by atoms with E-state index in [2.05, 4.69) is 0 Å². The van der Waals surface area contributed by atoms with Crippen molar-refractivity contribution in [1.29, 1.82) is 0 Å². The molecular weight excluding hydrogens is 134 g/mol. The molecule has 0 spiro atoms. The van der Waals surface area contributed by atoms with Gasteiger partial charge in [0, 0.05) is 0 Å². The lowest BCUT2D eigenvalue weighted by molar-refractivity contribution is -0.505. The Balaban J connectivity index is 4.38. The van der Waals surface area contributed by atoms with Crippen molar-refractivity contribution in [2.24, 2.45) is 5.16 Å². The average Bonchev–Trinajstić information content (AvgIpc) is 1.64. The quantitative estimate of drug-likeness (QED) is 0.154. The fourth-order valence-electron chi connectivity index (χ4n) is 0.140. The molecule has 0 heterocycles. The van der Waals surface area contributed by atoms with Crippen LogP contribution in [0, 0.1) is 20.2 Å². The maximum absolute atomic E-state index is 9.45. The van der Waals surface area contributed by atoms with Crippen LogP contribution in [0.1, 0.15) is 0 Å². The Bertz CT molecular complexity index is 155. The minimum atomic E-state index is -1.69. The van der Waals surface area contributed by atoms with Crippen molar-refractivity contribution in [3.63, 3.8) is 0 Å². The lowest BCUT2D eigenvalue weighted by Crippen LogP contribution is -2.21. The lowest BCUT2D eigenvalue weighted by Gasteiger charge is -1.82. The molecule has 50 valence electrons. The molecule has 8 heteroatoms. The first-order valence-electron chi connectivity index (χ1n) is 1.60. The number of rotatable bonds is 0. The number of nitrogens with zero attached hydrogens (tertiary/aromatic N) is 3. The van der Waals surface area contributed by atoms with Gasteiger partial charge in [-0.2, -0.15) is 0 Å². The molecule has 0 radical (unpaired) electrons. The normalized spacial score (nSPS) is 8.00. The van der Waals surface area contributed by atoms with Crippen LogP contribution in [0.2, 0.25) is 0 Å². The van der Waals surface area contributed by atoms with Crippen molar-refractivity contribution in [3.05, 3.63) is 20.2 Å². The SMILES string of the molecule is O=[N+]([O-])C(=NO)[N+](=O)[O-]. The summed E-state index contributed by atoms with van der Waals surface area (Å²) in [6.45, 7) is 0. The molecule has 0 aliphatic carbocycles. The molecule has 0 saturated carbocycles. The van der Waals surface area contributed by atoms with Crippen molar-refractivity contribution in [1.82, 2.24) is 0 Å². The van der Waals surface area contributed by atoms with Crippen molar-refractivity contribution in [2.45, 2.75) is 0 Å². The Morgan fingerprint density at radius 1 is 1.33 bits per heavy atom. The van der Waals surface area contributed by atoms with Gasteiger partial charge in [0.05, 0.1) is 9.85 Å². The predicted octanol–water partition coefficient (Wildman–Crippen LogP) is -0.715. The fraction of sp³-hybridized carbons (Fsp3) is 0. The van der Waals surface area contributed by atoms with Gasteiger partial charge in [-0.3, -0.25) is 5.21 Å². The van der Waals surface area contributed by atoms with E-state index in [0.29, 0.717) is 0 Å². The van der Waals surface area contributed by atoms with E-state index in [4.69, 9.17) is 5.21 Å². The van der Waals surface area contributed by atoms with Gasteiger partial charge < -0.3 is 20.2 Å². The second-order valence-corrected chi connectivity index (χ2v) is 0.914. The largest absolute Gasteiger partial charge is 0.718 e. The van der Waals surface area contributed by atoms with Gasteiger partial charge in [-0.15, -0.1) is 0 Å². The summed E-state index contributed by atoms with van der Waals surface area (Å²) < 4.78 is 0. The maximum Gasteiger partial charge on any atom is 0.718 e. The molecule has 0 aliphatic heterocycles. The maximum atomic E-state index is 9.45. The van der Waals surface area contributed by atoms with Crippen LogP contribution in [0.15, 0.2) is 5.16 Å². The summed E-state index contributed by atoms with van der Waals surface area (Å²) in [6.07, 6.45) is 0. The zero-order valence-corrected chi connectivity index (χ0v) is 3.92. The van der Waals surface area contributed by atoms with Crippen LogP contribution in [0.25, 0.3) is 0 Å². The van der Waals surface area contributed by atoms with Crippen molar-refractivity contribution in [2.75, 3.05) is 0 Å². The van der Waals surface area contributed by atoms with E-state index in [9.17, 15) is 20.2 Å². The number of hydrogen-bond acceptors (Lipinski definition) is 6. The first-order valence-corrected chi connectivity index (χ1v) is 1.60.